The number of hydrogen-bond acceptors (Lipinski definition) is 6. The van der Waals surface area contributed by atoms with E-state index in [1.54, 1.807) is 13.8 Å². The minimum absolute atomic E-state index is 0.221. The molecule has 6 heteroatoms. The van der Waals surface area contributed by atoms with E-state index in [1.165, 1.54) is 27.5 Å². The van der Waals surface area contributed by atoms with Crippen LogP contribution in [0.5, 0.6) is 11.8 Å². The van der Waals surface area contributed by atoms with E-state index in [2.05, 4.69) is 9.97 Å². The summed E-state index contributed by atoms with van der Waals surface area (Å²) in [6.07, 6.45) is 0.980. The highest BCUT2D eigenvalue weighted by atomic mass is 16.5. The van der Waals surface area contributed by atoms with Crippen LogP contribution in [-0.2, 0) is 10.3 Å². The second-order valence-corrected chi connectivity index (χ2v) is 3.80. The Balaban J connectivity index is 3.21. The Morgan fingerprint density at radius 2 is 1.94 bits per heavy atom. The topological polar surface area (TPSA) is 73.7 Å². The van der Waals surface area contributed by atoms with Gasteiger partial charge in [0.15, 0.2) is 0 Å². The molecule has 1 N–H and O–H groups in total. The summed E-state index contributed by atoms with van der Waals surface area (Å²) in [5.74, 6) is 0.546. The Morgan fingerprint density at radius 1 is 1.29 bits per heavy atom. The van der Waals surface area contributed by atoms with Crippen LogP contribution in [0, 0.1) is 0 Å². The molecule has 0 amide bonds. The van der Waals surface area contributed by atoms with Gasteiger partial charge in [0.2, 0.25) is 11.8 Å². The fourth-order valence-corrected chi connectivity index (χ4v) is 1.37. The Labute approximate surface area is 101 Å². The zero-order valence-corrected chi connectivity index (χ0v) is 10.7. The highest BCUT2D eigenvalue weighted by Gasteiger charge is 2.36. The van der Waals surface area contributed by atoms with Crippen LogP contribution in [0.25, 0.3) is 0 Å². The SMILES string of the molecule is COc1cnc(C(C)(O)C(C)OC)c(OC)n1. The molecule has 0 radical (unpaired) electrons. The average molecular weight is 242 g/mol. The summed E-state index contributed by atoms with van der Waals surface area (Å²) in [5, 5.41) is 10.4. The van der Waals surface area contributed by atoms with Crippen LogP contribution < -0.4 is 9.47 Å². The van der Waals surface area contributed by atoms with Crippen molar-refractivity contribution >= 4 is 0 Å². The van der Waals surface area contributed by atoms with E-state index in [0.717, 1.165) is 0 Å². The maximum absolute atomic E-state index is 10.4. The molecule has 0 saturated carbocycles. The van der Waals surface area contributed by atoms with Crippen LogP contribution in [0.2, 0.25) is 0 Å². The Hall–Kier alpha value is -1.40. The fourth-order valence-electron chi connectivity index (χ4n) is 1.37. The van der Waals surface area contributed by atoms with Gasteiger partial charge in [0, 0.05) is 7.11 Å². The fraction of sp³-hybridized carbons (Fsp3) is 0.636. The molecule has 1 aromatic heterocycles. The molecule has 0 aliphatic heterocycles. The first-order valence-electron chi connectivity index (χ1n) is 5.18. The predicted molar refractivity (Wildman–Crippen MR) is 61.2 cm³/mol. The van der Waals surface area contributed by atoms with Crippen molar-refractivity contribution in [2.45, 2.75) is 25.6 Å². The molecule has 1 heterocycles. The van der Waals surface area contributed by atoms with Crippen molar-refractivity contribution < 1.29 is 19.3 Å². The summed E-state index contributed by atoms with van der Waals surface area (Å²) in [6.45, 7) is 3.34. The lowest BCUT2D eigenvalue weighted by Crippen LogP contribution is -2.37. The van der Waals surface area contributed by atoms with Crippen molar-refractivity contribution in [3.63, 3.8) is 0 Å². The lowest BCUT2D eigenvalue weighted by atomic mass is 9.96. The Kier molecular flexibility index (Phi) is 4.25. The summed E-state index contributed by atoms with van der Waals surface area (Å²) >= 11 is 0. The molecule has 0 saturated heterocycles. The minimum Gasteiger partial charge on any atom is -0.480 e. The first kappa shape index (κ1) is 13.7. The quantitative estimate of drug-likeness (QED) is 0.820. The molecule has 0 fully saturated rings. The second-order valence-electron chi connectivity index (χ2n) is 3.80. The number of rotatable bonds is 5. The Bertz CT molecular complexity index is 382. The summed E-state index contributed by atoms with van der Waals surface area (Å²) < 4.78 is 15.2. The number of aromatic nitrogens is 2. The molecule has 0 spiro atoms. The molecule has 1 aromatic rings. The molecule has 0 aromatic carbocycles. The van der Waals surface area contributed by atoms with Gasteiger partial charge in [0.05, 0.1) is 26.5 Å². The molecular weight excluding hydrogens is 224 g/mol. The zero-order chi connectivity index (χ0) is 13.1. The molecular formula is C11H18N2O4. The van der Waals surface area contributed by atoms with Gasteiger partial charge >= 0.3 is 0 Å². The molecule has 6 nitrogen and oxygen atoms in total. The van der Waals surface area contributed by atoms with Crippen LogP contribution in [0.1, 0.15) is 19.5 Å². The maximum atomic E-state index is 10.4. The van der Waals surface area contributed by atoms with E-state index in [9.17, 15) is 5.11 Å². The number of hydrogen-bond donors (Lipinski definition) is 1. The maximum Gasteiger partial charge on any atom is 0.241 e. The van der Waals surface area contributed by atoms with E-state index in [4.69, 9.17) is 14.2 Å². The zero-order valence-electron chi connectivity index (χ0n) is 10.7. The monoisotopic (exact) mass is 242 g/mol. The highest BCUT2D eigenvalue weighted by Crippen LogP contribution is 2.31. The van der Waals surface area contributed by atoms with Crippen molar-refractivity contribution in [2.75, 3.05) is 21.3 Å². The smallest absolute Gasteiger partial charge is 0.241 e. The summed E-state index contributed by atoms with van der Waals surface area (Å²) in [5.41, 5.74) is -0.977. The van der Waals surface area contributed by atoms with Gasteiger partial charge in [-0.05, 0) is 13.8 Å². The highest BCUT2D eigenvalue weighted by molar-refractivity contribution is 5.28. The van der Waals surface area contributed by atoms with Crippen molar-refractivity contribution in [3.8, 4) is 11.8 Å². The lowest BCUT2D eigenvalue weighted by Gasteiger charge is -2.29. The van der Waals surface area contributed by atoms with Gasteiger partial charge in [0.25, 0.3) is 0 Å². The predicted octanol–water partition coefficient (Wildman–Crippen LogP) is 0.736. The molecule has 2 atom stereocenters. The molecule has 2 unspecified atom stereocenters. The van der Waals surface area contributed by atoms with Crippen molar-refractivity contribution in [1.82, 2.24) is 9.97 Å². The minimum atomic E-state index is -1.29. The third kappa shape index (κ3) is 2.65. The van der Waals surface area contributed by atoms with Crippen molar-refractivity contribution in [1.29, 1.82) is 0 Å². The van der Waals surface area contributed by atoms with E-state index >= 15 is 0 Å². The number of aliphatic hydroxyl groups is 1. The molecule has 17 heavy (non-hydrogen) atoms. The van der Waals surface area contributed by atoms with Crippen LogP contribution in [0.4, 0.5) is 0 Å². The van der Waals surface area contributed by atoms with Crippen LogP contribution in [0.15, 0.2) is 6.20 Å². The Morgan fingerprint density at radius 3 is 2.41 bits per heavy atom. The van der Waals surface area contributed by atoms with Gasteiger partial charge < -0.3 is 19.3 Å². The van der Waals surface area contributed by atoms with Gasteiger partial charge in [-0.15, -0.1) is 0 Å². The first-order chi connectivity index (χ1) is 7.97. The van der Waals surface area contributed by atoms with Crippen LogP contribution in [-0.4, -0.2) is 42.5 Å². The molecule has 0 bridgehead atoms. The molecule has 96 valence electrons. The third-order valence-corrected chi connectivity index (χ3v) is 2.75. The van der Waals surface area contributed by atoms with E-state index in [0.29, 0.717) is 11.6 Å². The molecule has 0 aliphatic rings. The largest absolute Gasteiger partial charge is 0.480 e. The lowest BCUT2D eigenvalue weighted by molar-refractivity contribution is -0.0813. The first-order valence-corrected chi connectivity index (χ1v) is 5.18. The van der Waals surface area contributed by atoms with Crippen LogP contribution in [0.3, 0.4) is 0 Å². The van der Waals surface area contributed by atoms with Crippen molar-refractivity contribution in [2.24, 2.45) is 0 Å². The molecule has 0 aliphatic carbocycles. The van der Waals surface area contributed by atoms with Gasteiger partial charge in [0.1, 0.15) is 11.3 Å². The second kappa shape index (κ2) is 5.29. The number of nitrogens with zero attached hydrogens (tertiary/aromatic N) is 2. The third-order valence-electron chi connectivity index (χ3n) is 2.75. The summed E-state index contributed by atoms with van der Waals surface area (Å²) in [6, 6.07) is 0. The summed E-state index contributed by atoms with van der Waals surface area (Å²) in [4.78, 5) is 8.19. The van der Waals surface area contributed by atoms with Gasteiger partial charge in [-0.25, -0.2) is 4.98 Å². The van der Waals surface area contributed by atoms with Gasteiger partial charge in [-0.3, -0.25) is 0 Å². The van der Waals surface area contributed by atoms with Gasteiger partial charge in [-0.1, -0.05) is 0 Å². The summed E-state index contributed by atoms with van der Waals surface area (Å²) in [7, 11) is 4.46. The van der Waals surface area contributed by atoms with E-state index in [-0.39, 0.29) is 5.88 Å². The standard InChI is InChI=1S/C11H18N2O4/c1-7(15-3)11(2,14)9-10(17-5)13-8(16-4)6-12-9/h6-7,14H,1-5H3. The van der Waals surface area contributed by atoms with Crippen molar-refractivity contribution in [3.05, 3.63) is 11.9 Å². The molecule has 1 rings (SSSR count). The van der Waals surface area contributed by atoms with Crippen LogP contribution >= 0.6 is 0 Å². The van der Waals surface area contributed by atoms with Gasteiger partial charge in [-0.2, -0.15) is 4.98 Å². The average Bonchev–Trinajstić information content (AvgIpc) is 2.36. The van der Waals surface area contributed by atoms with E-state index < -0.39 is 11.7 Å². The number of methoxy groups -OCH3 is 3. The normalized spacial score (nSPS) is 16.1. The number of ether oxygens (including phenoxy) is 3. The van der Waals surface area contributed by atoms with E-state index in [1.807, 2.05) is 0 Å².